The van der Waals surface area contributed by atoms with Crippen LogP contribution in [0.2, 0.25) is 15.1 Å². The van der Waals surface area contributed by atoms with Crippen molar-refractivity contribution in [2.24, 2.45) is 0 Å². The summed E-state index contributed by atoms with van der Waals surface area (Å²) in [6.45, 7) is 21.7. The molecule has 0 bridgehead atoms. The normalized spacial score (nSPS) is 14.8. The first-order valence-electron chi connectivity index (χ1n) is 5.75. The molecule has 0 rings (SSSR count). The SMILES string of the molecule is CC(C)(C)[Si][Si]([Si]C(C)(C)C)C(C)(C)C. The third-order valence-corrected chi connectivity index (χ3v) is 18.0. The monoisotopic (exact) mass is 255 g/mol. The molecule has 0 aromatic carbocycles. The molecule has 0 amide bonds. The molecule has 0 aromatic rings. The predicted octanol–water partition coefficient (Wildman–Crippen LogP) is 4.12. The molecule has 0 aliphatic carbocycles. The zero-order valence-electron chi connectivity index (χ0n) is 12.0. The van der Waals surface area contributed by atoms with E-state index in [1.165, 1.54) is 18.1 Å². The maximum Gasteiger partial charge on any atom is 0.0302 e. The van der Waals surface area contributed by atoms with Crippen LogP contribution in [0.25, 0.3) is 0 Å². The van der Waals surface area contributed by atoms with Crippen LogP contribution in [0.5, 0.6) is 0 Å². The van der Waals surface area contributed by atoms with E-state index in [0.717, 1.165) is 0 Å². The van der Waals surface area contributed by atoms with Crippen molar-refractivity contribution in [3.05, 3.63) is 0 Å². The third-order valence-electron chi connectivity index (χ3n) is 1.75. The van der Waals surface area contributed by atoms with E-state index in [1.54, 1.807) is 0 Å². The average molecular weight is 256 g/mol. The minimum Gasteiger partial charge on any atom is -0.0633 e. The van der Waals surface area contributed by atoms with E-state index in [0.29, 0.717) is 15.1 Å². The molecule has 0 N–H and O–H groups in total. The Hall–Kier alpha value is 0.651. The zero-order chi connectivity index (χ0) is 12.5. The zero-order valence-corrected chi connectivity index (χ0v) is 15.0. The molecule has 0 fully saturated rings. The molecule has 0 spiro atoms. The molecule has 0 unspecified atom stereocenters. The van der Waals surface area contributed by atoms with Gasteiger partial charge < -0.3 is 0 Å². The first-order chi connectivity index (χ1) is 6.31. The van der Waals surface area contributed by atoms with E-state index < -0.39 is 0 Å². The lowest BCUT2D eigenvalue weighted by Crippen LogP contribution is -2.45. The molecule has 0 aliphatic heterocycles. The van der Waals surface area contributed by atoms with Crippen molar-refractivity contribution in [1.29, 1.82) is 0 Å². The highest BCUT2D eigenvalue weighted by Crippen LogP contribution is 2.35. The standard InChI is InChI=1S/C12H27Si3/c1-10(2,3)13-15(12(7,8)9)14-11(4,5)6/h1-9H3. The van der Waals surface area contributed by atoms with Gasteiger partial charge in [-0.1, -0.05) is 62.3 Å². The number of rotatable bonds is 2. The minimum absolute atomic E-state index is 0.219. The van der Waals surface area contributed by atoms with Crippen LogP contribution < -0.4 is 0 Å². The second-order valence-corrected chi connectivity index (χ2v) is 19.1. The van der Waals surface area contributed by atoms with Gasteiger partial charge in [0.1, 0.15) is 0 Å². The number of hydrogen-bond acceptors (Lipinski definition) is 0. The largest absolute Gasteiger partial charge is 0.0633 e. The Bertz CT molecular complexity index is 174. The summed E-state index contributed by atoms with van der Waals surface area (Å²) in [5.74, 6) is 0. The first kappa shape index (κ1) is 15.7. The Morgan fingerprint density at radius 2 is 0.867 bits per heavy atom. The van der Waals surface area contributed by atoms with Gasteiger partial charge in [-0.15, -0.1) is 0 Å². The van der Waals surface area contributed by atoms with E-state index in [1.807, 2.05) is 0 Å². The van der Waals surface area contributed by atoms with Crippen molar-refractivity contribution in [3.63, 3.8) is 0 Å². The second kappa shape index (κ2) is 4.88. The Kier molecular flexibility index (Phi) is 5.09. The van der Waals surface area contributed by atoms with Crippen molar-refractivity contribution in [1.82, 2.24) is 0 Å². The van der Waals surface area contributed by atoms with Gasteiger partial charge in [-0.3, -0.25) is 0 Å². The Morgan fingerprint density at radius 3 is 1.00 bits per heavy atom. The fourth-order valence-corrected chi connectivity index (χ4v) is 17.7. The summed E-state index contributed by atoms with van der Waals surface area (Å²) in [6, 6.07) is 0. The average Bonchev–Trinajstić information content (AvgIpc) is 1.75. The maximum atomic E-state index is 2.44. The van der Waals surface area contributed by atoms with E-state index in [2.05, 4.69) is 62.3 Å². The van der Waals surface area contributed by atoms with Gasteiger partial charge in [0, 0.05) is 25.9 Å². The minimum atomic E-state index is -0.219. The van der Waals surface area contributed by atoms with Crippen molar-refractivity contribution >= 4 is 25.9 Å². The third kappa shape index (κ3) is 8.46. The highest BCUT2D eigenvalue weighted by molar-refractivity contribution is 7.41. The van der Waals surface area contributed by atoms with Crippen molar-refractivity contribution < 1.29 is 0 Å². The van der Waals surface area contributed by atoms with Gasteiger partial charge in [-0.25, -0.2) is 0 Å². The van der Waals surface area contributed by atoms with Crippen LogP contribution in [0.1, 0.15) is 62.3 Å². The molecule has 3 heteroatoms. The smallest absolute Gasteiger partial charge is 0.0302 e. The predicted molar refractivity (Wildman–Crippen MR) is 76.4 cm³/mol. The highest BCUT2D eigenvalue weighted by Gasteiger charge is 2.34. The second-order valence-electron chi connectivity index (χ2n) is 7.38. The first-order valence-corrected chi connectivity index (χ1v) is 11.2. The van der Waals surface area contributed by atoms with E-state index in [-0.39, 0.29) is 7.83 Å². The lowest BCUT2D eigenvalue weighted by atomic mass is 10.2. The van der Waals surface area contributed by atoms with Crippen LogP contribution in [0.3, 0.4) is 0 Å². The molecule has 0 nitrogen and oxygen atoms in total. The lowest BCUT2D eigenvalue weighted by molar-refractivity contribution is 0.728. The van der Waals surface area contributed by atoms with Gasteiger partial charge in [0.15, 0.2) is 0 Å². The summed E-state index contributed by atoms with van der Waals surface area (Å²) in [6.07, 6.45) is 0. The van der Waals surface area contributed by atoms with Gasteiger partial charge >= 0.3 is 0 Å². The molecule has 0 aliphatic rings. The fraction of sp³-hybridized carbons (Fsp3) is 1.00. The van der Waals surface area contributed by atoms with Crippen LogP contribution >= 0.6 is 0 Å². The molecule has 87 valence electrons. The van der Waals surface area contributed by atoms with Gasteiger partial charge in [-0.05, 0) is 15.1 Å². The molecule has 0 saturated heterocycles. The van der Waals surface area contributed by atoms with Crippen LogP contribution in [0.4, 0.5) is 0 Å². The lowest BCUT2D eigenvalue weighted by Gasteiger charge is -2.37. The van der Waals surface area contributed by atoms with Gasteiger partial charge in [0.25, 0.3) is 0 Å². The number of hydrogen-bond donors (Lipinski definition) is 0. The summed E-state index contributed by atoms with van der Waals surface area (Å²) in [5, 5.41) is 1.61. The summed E-state index contributed by atoms with van der Waals surface area (Å²) in [7, 11) is 2.12. The van der Waals surface area contributed by atoms with Crippen LogP contribution in [0, 0.1) is 0 Å². The molecule has 0 aromatic heterocycles. The van der Waals surface area contributed by atoms with E-state index in [4.69, 9.17) is 0 Å². The van der Waals surface area contributed by atoms with Crippen molar-refractivity contribution in [2.75, 3.05) is 0 Å². The molecule has 0 atom stereocenters. The van der Waals surface area contributed by atoms with Crippen LogP contribution in [0.15, 0.2) is 0 Å². The quantitative estimate of drug-likeness (QED) is 0.651. The van der Waals surface area contributed by atoms with Crippen LogP contribution in [-0.4, -0.2) is 25.9 Å². The Balaban J connectivity index is 4.62. The summed E-state index contributed by atoms with van der Waals surface area (Å²) >= 11 is 0. The molecular formula is C12H27Si3. The van der Waals surface area contributed by atoms with Gasteiger partial charge in [-0.2, -0.15) is 0 Å². The maximum absolute atomic E-state index is 2.44. The van der Waals surface area contributed by atoms with E-state index >= 15 is 0 Å². The summed E-state index contributed by atoms with van der Waals surface area (Å²) in [5.41, 5.74) is 0. The fourth-order valence-electron chi connectivity index (χ4n) is 1.16. The van der Waals surface area contributed by atoms with Crippen LogP contribution in [-0.2, 0) is 0 Å². The molecule has 5 radical (unpaired) electrons. The van der Waals surface area contributed by atoms with E-state index in [9.17, 15) is 0 Å². The topological polar surface area (TPSA) is 0 Å². The Labute approximate surface area is 103 Å². The summed E-state index contributed by atoms with van der Waals surface area (Å²) < 4.78 is 0. The Morgan fingerprint density at radius 1 is 0.600 bits per heavy atom. The molecule has 0 saturated carbocycles. The van der Waals surface area contributed by atoms with Gasteiger partial charge in [0.2, 0.25) is 0 Å². The summed E-state index contributed by atoms with van der Waals surface area (Å²) in [4.78, 5) is 0. The molecule has 15 heavy (non-hydrogen) atoms. The molecular weight excluding hydrogens is 228 g/mol. The van der Waals surface area contributed by atoms with Gasteiger partial charge in [0.05, 0.1) is 0 Å². The molecule has 0 heterocycles. The highest BCUT2D eigenvalue weighted by atomic mass is 29.6. The van der Waals surface area contributed by atoms with Crippen molar-refractivity contribution in [2.45, 2.75) is 77.4 Å². The van der Waals surface area contributed by atoms with Crippen molar-refractivity contribution in [3.8, 4) is 0 Å².